The van der Waals surface area contributed by atoms with Gasteiger partial charge in [0, 0.05) is 19.1 Å². The van der Waals surface area contributed by atoms with Gasteiger partial charge in [0.15, 0.2) is 0 Å². The molecule has 1 aliphatic rings. The van der Waals surface area contributed by atoms with Gasteiger partial charge in [0.2, 0.25) is 10.0 Å². The Morgan fingerprint density at radius 3 is 2.61 bits per heavy atom. The Hall–Kier alpha value is -0.210. The minimum Gasteiger partial charge on any atom is -0.326 e. The van der Waals surface area contributed by atoms with Crippen LogP contribution in [0.3, 0.4) is 0 Å². The normalized spacial score (nSPS) is 20.7. The molecule has 18 heavy (non-hydrogen) atoms. The van der Waals surface area contributed by atoms with Crippen LogP contribution in [0, 0.1) is 5.82 Å². The molecule has 0 unspecified atom stereocenters. The van der Waals surface area contributed by atoms with E-state index >= 15 is 0 Å². The molecule has 0 saturated carbocycles. The summed E-state index contributed by atoms with van der Waals surface area (Å²) in [5, 5.41) is 0. The van der Waals surface area contributed by atoms with E-state index in [1.54, 1.807) is 0 Å². The van der Waals surface area contributed by atoms with Crippen molar-refractivity contribution in [2.45, 2.75) is 17.4 Å². The SMILES string of the molecule is Cl.N[C@H]1CCN(S(=O)(=O)c2ccc(Br)c(F)c2)C1. The fraction of sp³-hybridized carbons (Fsp3) is 0.400. The molecule has 0 bridgehead atoms. The topological polar surface area (TPSA) is 63.4 Å². The van der Waals surface area contributed by atoms with Crippen LogP contribution in [0.4, 0.5) is 4.39 Å². The molecule has 102 valence electrons. The Morgan fingerprint density at radius 1 is 1.44 bits per heavy atom. The van der Waals surface area contributed by atoms with Crippen LogP contribution in [-0.4, -0.2) is 31.9 Å². The molecule has 0 spiro atoms. The Bertz CT molecular complexity index is 541. The second-order valence-electron chi connectivity index (χ2n) is 3.99. The Morgan fingerprint density at radius 2 is 2.11 bits per heavy atom. The second-order valence-corrected chi connectivity index (χ2v) is 6.78. The lowest BCUT2D eigenvalue weighted by molar-refractivity contribution is 0.471. The minimum absolute atomic E-state index is 0. The van der Waals surface area contributed by atoms with Gasteiger partial charge in [-0.15, -0.1) is 12.4 Å². The van der Waals surface area contributed by atoms with E-state index in [0.717, 1.165) is 6.07 Å². The Kier molecular flexibility index (Phi) is 5.13. The third-order valence-corrected chi connectivity index (χ3v) is 5.22. The maximum absolute atomic E-state index is 13.3. The number of nitrogens with two attached hydrogens (primary N) is 1. The molecule has 0 aliphatic carbocycles. The molecule has 0 radical (unpaired) electrons. The average Bonchev–Trinajstić information content (AvgIpc) is 2.69. The molecule has 1 saturated heterocycles. The minimum atomic E-state index is -3.62. The molecule has 1 atom stereocenters. The van der Waals surface area contributed by atoms with Crippen molar-refractivity contribution < 1.29 is 12.8 Å². The quantitative estimate of drug-likeness (QED) is 0.875. The van der Waals surface area contributed by atoms with Gasteiger partial charge in [-0.2, -0.15) is 4.31 Å². The lowest BCUT2D eigenvalue weighted by Crippen LogP contribution is -2.32. The highest BCUT2D eigenvalue weighted by Gasteiger charge is 2.31. The van der Waals surface area contributed by atoms with E-state index in [4.69, 9.17) is 5.73 Å². The number of benzene rings is 1. The predicted molar refractivity (Wildman–Crippen MR) is 72.7 cm³/mol. The fourth-order valence-electron chi connectivity index (χ4n) is 1.76. The fourth-order valence-corrected chi connectivity index (χ4v) is 3.53. The van der Waals surface area contributed by atoms with Crippen molar-refractivity contribution in [1.29, 1.82) is 0 Å². The van der Waals surface area contributed by atoms with E-state index < -0.39 is 15.8 Å². The summed E-state index contributed by atoms with van der Waals surface area (Å²) in [4.78, 5) is -0.0349. The zero-order valence-electron chi connectivity index (χ0n) is 9.34. The van der Waals surface area contributed by atoms with Crippen molar-refractivity contribution in [3.8, 4) is 0 Å². The van der Waals surface area contributed by atoms with Crippen molar-refractivity contribution in [1.82, 2.24) is 4.31 Å². The summed E-state index contributed by atoms with van der Waals surface area (Å²) >= 11 is 2.99. The smallest absolute Gasteiger partial charge is 0.243 e. The van der Waals surface area contributed by atoms with Gasteiger partial charge in [-0.25, -0.2) is 12.8 Å². The number of nitrogens with zero attached hydrogens (tertiary/aromatic N) is 1. The molecule has 0 amide bonds. The predicted octanol–water partition coefficient (Wildman–Crippen LogP) is 1.73. The molecule has 1 aliphatic heterocycles. The highest BCUT2D eigenvalue weighted by molar-refractivity contribution is 9.10. The summed E-state index contributed by atoms with van der Waals surface area (Å²) in [7, 11) is -3.62. The van der Waals surface area contributed by atoms with Gasteiger partial charge in [-0.1, -0.05) is 0 Å². The number of halogens is 3. The van der Waals surface area contributed by atoms with Crippen molar-refractivity contribution >= 4 is 38.4 Å². The summed E-state index contributed by atoms with van der Waals surface area (Å²) in [6.45, 7) is 0.682. The first-order valence-corrected chi connectivity index (χ1v) is 7.35. The number of hydrogen-bond donors (Lipinski definition) is 1. The largest absolute Gasteiger partial charge is 0.326 e. The average molecular weight is 360 g/mol. The number of rotatable bonds is 2. The van der Waals surface area contributed by atoms with Gasteiger partial charge in [0.25, 0.3) is 0 Å². The molecule has 4 nitrogen and oxygen atoms in total. The monoisotopic (exact) mass is 358 g/mol. The van der Waals surface area contributed by atoms with E-state index in [2.05, 4.69) is 15.9 Å². The summed E-state index contributed by atoms with van der Waals surface area (Å²) < 4.78 is 39.1. The van der Waals surface area contributed by atoms with Gasteiger partial charge in [0.05, 0.1) is 9.37 Å². The van der Waals surface area contributed by atoms with Crippen molar-refractivity contribution in [3.05, 3.63) is 28.5 Å². The van der Waals surface area contributed by atoms with Crippen LogP contribution in [0.1, 0.15) is 6.42 Å². The highest BCUT2D eigenvalue weighted by atomic mass is 79.9. The van der Waals surface area contributed by atoms with Crippen molar-refractivity contribution in [3.63, 3.8) is 0 Å². The van der Waals surface area contributed by atoms with E-state index in [1.165, 1.54) is 16.4 Å². The first kappa shape index (κ1) is 15.8. The van der Waals surface area contributed by atoms with Gasteiger partial charge < -0.3 is 5.73 Å². The molecular weight excluding hydrogens is 347 g/mol. The molecule has 1 aromatic rings. The Balaban J connectivity index is 0.00000162. The van der Waals surface area contributed by atoms with Crippen LogP contribution < -0.4 is 5.73 Å². The maximum atomic E-state index is 13.3. The molecule has 1 heterocycles. The van der Waals surface area contributed by atoms with Crippen LogP contribution >= 0.6 is 28.3 Å². The van der Waals surface area contributed by atoms with E-state index in [0.29, 0.717) is 19.5 Å². The van der Waals surface area contributed by atoms with Crippen LogP contribution in [0.25, 0.3) is 0 Å². The van der Waals surface area contributed by atoms with Gasteiger partial charge in [-0.05, 0) is 40.5 Å². The summed E-state index contributed by atoms with van der Waals surface area (Å²) in [6.07, 6.45) is 0.637. The van der Waals surface area contributed by atoms with Crippen molar-refractivity contribution in [2.24, 2.45) is 5.73 Å². The Labute approximate surface area is 120 Å². The maximum Gasteiger partial charge on any atom is 0.243 e. The zero-order chi connectivity index (χ0) is 12.6. The van der Waals surface area contributed by atoms with E-state index in [9.17, 15) is 12.8 Å². The van der Waals surface area contributed by atoms with Crippen LogP contribution in [0.5, 0.6) is 0 Å². The van der Waals surface area contributed by atoms with Crippen LogP contribution in [0.2, 0.25) is 0 Å². The highest BCUT2D eigenvalue weighted by Crippen LogP contribution is 2.24. The standard InChI is InChI=1S/C10H12BrFN2O2S.ClH/c11-9-2-1-8(5-10(9)12)17(15,16)14-4-3-7(13)6-14;/h1-2,5,7H,3-4,6,13H2;1H/t7-;/m0./s1. The molecular formula is C10H13BrClFN2O2S. The van der Waals surface area contributed by atoms with Gasteiger partial charge in [-0.3, -0.25) is 0 Å². The lowest BCUT2D eigenvalue weighted by atomic mass is 10.3. The second kappa shape index (κ2) is 5.83. The lowest BCUT2D eigenvalue weighted by Gasteiger charge is -2.16. The van der Waals surface area contributed by atoms with Crippen LogP contribution in [0.15, 0.2) is 27.6 Å². The number of hydrogen-bond acceptors (Lipinski definition) is 3. The third kappa shape index (κ3) is 3.03. The summed E-state index contributed by atoms with van der Waals surface area (Å²) in [5.41, 5.74) is 5.67. The van der Waals surface area contributed by atoms with Crippen molar-refractivity contribution in [2.75, 3.05) is 13.1 Å². The zero-order valence-corrected chi connectivity index (χ0v) is 12.6. The molecule has 0 aromatic heterocycles. The summed E-state index contributed by atoms with van der Waals surface area (Å²) in [6, 6.07) is 3.65. The first-order valence-electron chi connectivity index (χ1n) is 5.12. The molecule has 8 heteroatoms. The molecule has 2 rings (SSSR count). The molecule has 2 N–H and O–H groups in total. The number of sulfonamides is 1. The van der Waals surface area contributed by atoms with Gasteiger partial charge in [0.1, 0.15) is 5.82 Å². The van der Waals surface area contributed by atoms with E-state index in [1.807, 2.05) is 0 Å². The molecule has 1 fully saturated rings. The molecule has 1 aromatic carbocycles. The van der Waals surface area contributed by atoms with Gasteiger partial charge >= 0.3 is 0 Å². The first-order chi connectivity index (χ1) is 7.91. The summed E-state index contributed by atoms with van der Waals surface area (Å²) in [5.74, 6) is -0.588. The van der Waals surface area contributed by atoms with Crippen LogP contribution in [-0.2, 0) is 10.0 Å². The van der Waals surface area contributed by atoms with E-state index in [-0.39, 0.29) is 27.8 Å². The third-order valence-electron chi connectivity index (χ3n) is 2.72.